The zero-order chi connectivity index (χ0) is 14.7. The van der Waals surface area contributed by atoms with Crippen LogP contribution in [0.1, 0.15) is 6.92 Å². The number of nitrogens with one attached hydrogen (secondary N) is 1. The van der Waals surface area contributed by atoms with Crippen molar-refractivity contribution in [2.45, 2.75) is 17.0 Å². The SMILES string of the molecule is CCNc1nc(Cl)nc(Sc2ccc3ccccc3c2)n1. The zero-order valence-electron chi connectivity index (χ0n) is 11.4. The molecule has 4 nitrogen and oxygen atoms in total. The van der Waals surface area contributed by atoms with Gasteiger partial charge >= 0.3 is 0 Å². The zero-order valence-corrected chi connectivity index (χ0v) is 12.9. The minimum atomic E-state index is 0.198. The molecular weight excluding hydrogens is 304 g/mol. The summed E-state index contributed by atoms with van der Waals surface area (Å²) in [6.07, 6.45) is 0. The van der Waals surface area contributed by atoms with Crippen LogP contribution < -0.4 is 5.32 Å². The fourth-order valence-electron chi connectivity index (χ4n) is 1.95. The van der Waals surface area contributed by atoms with Crippen LogP contribution in [0.3, 0.4) is 0 Å². The molecule has 0 saturated heterocycles. The number of anilines is 1. The lowest BCUT2D eigenvalue weighted by atomic mass is 10.1. The highest BCUT2D eigenvalue weighted by Gasteiger charge is 2.07. The van der Waals surface area contributed by atoms with Crippen LogP contribution in [-0.2, 0) is 0 Å². The Kier molecular flexibility index (Phi) is 4.22. The molecule has 0 aliphatic rings. The van der Waals surface area contributed by atoms with Crippen molar-refractivity contribution in [2.24, 2.45) is 0 Å². The maximum Gasteiger partial charge on any atom is 0.228 e. The van der Waals surface area contributed by atoms with Gasteiger partial charge in [-0.25, -0.2) is 0 Å². The molecule has 2 aromatic carbocycles. The van der Waals surface area contributed by atoms with Gasteiger partial charge in [0.2, 0.25) is 11.2 Å². The molecule has 0 fully saturated rings. The Labute approximate surface area is 132 Å². The monoisotopic (exact) mass is 316 g/mol. The topological polar surface area (TPSA) is 50.7 Å². The lowest BCUT2D eigenvalue weighted by Crippen LogP contribution is -2.04. The normalized spacial score (nSPS) is 10.8. The smallest absolute Gasteiger partial charge is 0.228 e. The van der Waals surface area contributed by atoms with Crippen molar-refractivity contribution in [1.29, 1.82) is 0 Å². The van der Waals surface area contributed by atoms with E-state index in [0.29, 0.717) is 11.1 Å². The highest BCUT2D eigenvalue weighted by molar-refractivity contribution is 7.99. The molecular formula is C15H13ClN4S. The van der Waals surface area contributed by atoms with E-state index in [9.17, 15) is 0 Å². The van der Waals surface area contributed by atoms with Crippen molar-refractivity contribution in [2.75, 3.05) is 11.9 Å². The summed E-state index contributed by atoms with van der Waals surface area (Å²) < 4.78 is 0. The van der Waals surface area contributed by atoms with Gasteiger partial charge in [0.15, 0.2) is 5.16 Å². The van der Waals surface area contributed by atoms with Crippen LogP contribution in [-0.4, -0.2) is 21.5 Å². The number of hydrogen-bond acceptors (Lipinski definition) is 5. The molecule has 1 N–H and O–H groups in total. The number of benzene rings is 2. The van der Waals surface area contributed by atoms with Crippen molar-refractivity contribution < 1.29 is 0 Å². The standard InChI is InChI=1S/C15H13ClN4S/c1-2-17-14-18-13(16)19-15(20-14)21-12-8-7-10-5-3-4-6-11(10)9-12/h3-9H,2H2,1H3,(H,17,18,19,20). The number of nitrogens with zero attached hydrogens (tertiary/aromatic N) is 3. The Morgan fingerprint density at radius 1 is 1.05 bits per heavy atom. The highest BCUT2D eigenvalue weighted by Crippen LogP contribution is 2.28. The number of fused-ring (bicyclic) bond motifs is 1. The summed E-state index contributed by atoms with van der Waals surface area (Å²) in [6.45, 7) is 2.72. The average Bonchev–Trinajstić information content (AvgIpc) is 2.47. The molecule has 0 unspecified atom stereocenters. The van der Waals surface area contributed by atoms with E-state index in [2.05, 4.69) is 50.6 Å². The Morgan fingerprint density at radius 2 is 1.86 bits per heavy atom. The first kappa shape index (κ1) is 14.1. The number of hydrogen-bond donors (Lipinski definition) is 1. The van der Waals surface area contributed by atoms with E-state index in [1.54, 1.807) is 0 Å². The third kappa shape index (κ3) is 3.43. The Bertz CT molecular complexity index is 778. The fraction of sp³-hybridized carbons (Fsp3) is 0.133. The fourth-order valence-corrected chi connectivity index (χ4v) is 2.96. The molecule has 0 aliphatic carbocycles. The Balaban J connectivity index is 1.90. The number of halogens is 1. The summed E-state index contributed by atoms with van der Waals surface area (Å²) in [5.41, 5.74) is 0. The van der Waals surface area contributed by atoms with Crippen LogP contribution in [0, 0.1) is 0 Å². The van der Waals surface area contributed by atoms with Gasteiger partial charge in [0, 0.05) is 11.4 Å². The average molecular weight is 317 g/mol. The second-order valence-electron chi connectivity index (χ2n) is 4.35. The molecule has 0 aliphatic heterocycles. The van der Waals surface area contributed by atoms with Gasteiger partial charge in [-0.05, 0) is 53.2 Å². The maximum absolute atomic E-state index is 5.93. The van der Waals surface area contributed by atoms with E-state index in [1.807, 2.05) is 19.1 Å². The maximum atomic E-state index is 5.93. The first-order valence-corrected chi connectivity index (χ1v) is 7.76. The third-order valence-corrected chi connectivity index (χ3v) is 3.88. The second-order valence-corrected chi connectivity index (χ2v) is 5.73. The van der Waals surface area contributed by atoms with Crippen LogP contribution >= 0.6 is 23.4 Å². The van der Waals surface area contributed by atoms with Crippen molar-refractivity contribution in [3.05, 3.63) is 47.7 Å². The summed E-state index contributed by atoms with van der Waals surface area (Å²) in [4.78, 5) is 13.6. The van der Waals surface area contributed by atoms with Crippen LogP contribution in [0.15, 0.2) is 52.5 Å². The van der Waals surface area contributed by atoms with Crippen molar-refractivity contribution in [3.8, 4) is 0 Å². The molecule has 21 heavy (non-hydrogen) atoms. The van der Waals surface area contributed by atoms with Gasteiger partial charge in [-0.15, -0.1) is 0 Å². The van der Waals surface area contributed by atoms with Gasteiger partial charge in [-0.3, -0.25) is 0 Å². The van der Waals surface area contributed by atoms with Crippen LogP contribution in [0.2, 0.25) is 5.28 Å². The first-order valence-electron chi connectivity index (χ1n) is 6.56. The van der Waals surface area contributed by atoms with Gasteiger partial charge in [-0.1, -0.05) is 30.3 Å². The minimum Gasteiger partial charge on any atom is -0.354 e. The van der Waals surface area contributed by atoms with E-state index >= 15 is 0 Å². The van der Waals surface area contributed by atoms with Gasteiger partial charge < -0.3 is 5.32 Å². The molecule has 6 heteroatoms. The quantitative estimate of drug-likeness (QED) is 0.779. The van der Waals surface area contributed by atoms with Gasteiger partial charge in [0.05, 0.1) is 0 Å². The Morgan fingerprint density at radius 3 is 2.67 bits per heavy atom. The Hall–Kier alpha value is -1.85. The summed E-state index contributed by atoms with van der Waals surface area (Å²) in [5, 5.41) is 6.23. The molecule has 0 amide bonds. The predicted molar refractivity (Wildman–Crippen MR) is 87.1 cm³/mol. The minimum absolute atomic E-state index is 0.198. The lowest BCUT2D eigenvalue weighted by molar-refractivity contribution is 0.899. The van der Waals surface area contributed by atoms with E-state index in [1.165, 1.54) is 22.5 Å². The molecule has 0 spiro atoms. The molecule has 0 saturated carbocycles. The molecule has 106 valence electrons. The van der Waals surface area contributed by atoms with E-state index in [-0.39, 0.29) is 5.28 Å². The summed E-state index contributed by atoms with van der Waals surface area (Å²) in [7, 11) is 0. The summed E-state index contributed by atoms with van der Waals surface area (Å²) in [6, 6.07) is 14.5. The van der Waals surface area contributed by atoms with Gasteiger partial charge in [0.1, 0.15) is 0 Å². The number of rotatable bonds is 4. The molecule has 1 aromatic heterocycles. The van der Waals surface area contributed by atoms with E-state index < -0.39 is 0 Å². The summed E-state index contributed by atoms with van der Waals surface area (Å²) >= 11 is 7.40. The predicted octanol–water partition coefficient (Wildman–Crippen LogP) is 4.26. The molecule has 0 atom stereocenters. The van der Waals surface area contributed by atoms with E-state index in [0.717, 1.165) is 11.4 Å². The van der Waals surface area contributed by atoms with Crippen molar-refractivity contribution in [1.82, 2.24) is 15.0 Å². The largest absolute Gasteiger partial charge is 0.354 e. The van der Waals surface area contributed by atoms with Crippen molar-refractivity contribution in [3.63, 3.8) is 0 Å². The van der Waals surface area contributed by atoms with Gasteiger partial charge in [0.25, 0.3) is 0 Å². The van der Waals surface area contributed by atoms with E-state index in [4.69, 9.17) is 11.6 Å². The lowest BCUT2D eigenvalue weighted by Gasteiger charge is -2.05. The molecule has 3 aromatic rings. The second kappa shape index (κ2) is 6.28. The summed E-state index contributed by atoms with van der Waals surface area (Å²) in [5.74, 6) is 0.501. The third-order valence-electron chi connectivity index (χ3n) is 2.85. The van der Waals surface area contributed by atoms with Crippen molar-refractivity contribution >= 4 is 40.1 Å². The molecule has 1 heterocycles. The molecule has 3 rings (SSSR count). The van der Waals surface area contributed by atoms with Crippen LogP contribution in [0.5, 0.6) is 0 Å². The van der Waals surface area contributed by atoms with Crippen LogP contribution in [0.25, 0.3) is 10.8 Å². The van der Waals surface area contributed by atoms with Gasteiger partial charge in [-0.2, -0.15) is 15.0 Å². The van der Waals surface area contributed by atoms with Crippen LogP contribution in [0.4, 0.5) is 5.95 Å². The molecule has 0 radical (unpaired) electrons. The molecule has 0 bridgehead atoms. The number of aromatic nitrogens is 3. The highest BCUT2D eigenvalue weighted by atomic mass is 35.5. The first-order chi connectivity index (χ1) is 10.2.